The minimum absolute atomic E-state index is 0.235. The molecule has 0 saturated carbocycles. The van der Waals surface area contributed by atoms with Crippen LogP contribution in [0.5, 0.6) is 0 Å². The van der Waals surface area contributed by atoms with Gasteiger partial charge in [0.2, 0.25) is 0 Å². The number of hydrogen-bond donors (Lipinski definition) is 1. The topological polar surface area (TPSA) is 26.0 Å². The van der Waals surface area contributed by atoms with Crippen molar-refractivity contribution < 1.29 is 13.2 Å². The molecule has 1 rings (SSSR count). The van der Waals surface area contributed by atoms with Crippen LogP contribution in [-0.4, -0.2) is 11.8 Å². The molecule has 0 amide bonds. The first-order valence-electron chi connectivity index (χ1n) is 3.54. The van der Waals surface area contributed by atoms with Gasteiger partial charge in [-0.3, -0.25) is 0 Å². The highest BCUT2D eigenvalue weighted by molar-refractivity contribution is 5.37. The van der Waals surface area contributed by atoms with Crippen LogP contribution < -0.4 is 5.73 Å². The molecule has 0 aliphatic heterocycles. The highest BCUT2D eigenvalue weighted by atomic mass is 19.2. The summed E-state index contributed by atoms with van der Waals surface area (Å²) in [4.78, 5) is 0. The van der Waals surface area contributed by atoms with E-state index >= 15 is 0 Å². The van der Waals surface area contributed by atoms with Crippen LogP contribution in [0.1, 0.15) is 13.8 Å². The van der Waals surface area contributed by atoms with Gasteiger partial charge >= 0.3 is 0 Å². The van der Waals surface area contributed by atoms with Gasteiger partial charge in [0.05, 0.1) is 0 Å². The number of rotatable bonds is 0. The maximum atomic E-state index is 13.1. The SMILES string of the molecule is CC1=C(N)C(F)C(C)(F)C(F)=C1. The van der Waals surface area contributed by atoms with Crippen molar-refractivity contribution in [2.45, 2.75) is 25.7 Å². The molecule has 0 bridgehead atoms. The highest BCUT2D eigenvalue weighted by Crippen LogP contribution is 2.36. The number of alkyl halides is 2. The monoisotopic (exact) mass is 177 g/mol. The van der Waals surface area contributed by atoms with Crippen molar-refractivity contribution in [1.82, 2.24) is 0 Å². The third-order valence-electron chi connectivity index (χ3n) is 2.01. The summed E-state index contributed by atoms with van der Waals surface area (Å²) < 4.78 is 39.0. The molecule has 0 aromatic rings. The maximum absolute atomic E-state index is 13.1. The largest absolute Gasteiger partial charge is 0.399 e. The van der Waals surface area contributed by atoms with E-state index in [0.717, 1.165) is 13.0 Å². The first-order chi connectivity index (χ1) is 5.37. The molecule has 0 fully saturated rings. The van der Waals surface area contributed by atoms with Gasteiger partial charge in [0.1, 0.15) is 5.83 Å². The second-order valence-corrected chi connectivity index (χ2v) is 3.07. The van der Waals surface area contributed by atoms with Gasteiger partial charge < -0.3 is 5.73 Å². The van der Waals surface area contributed by atoms with E-state index in [9.17, 15) is 13.2 Å². The van der Waals surface area contributed by atoms with Crippen LogP contribution in [0.4, 0.5) is 13.2 Å². The summed E-state index contributed by atoms with van der Waals surface area (Å²) in [5, 5.41) is 0. The molecule has 0 heterocycles. The lowest BCUT2D eigenvalue weighted by atomic mass is 9.90. The lowest BCUT2D eigenvalue weighted by Crippen LogP contribution is -2.39. The summed E-state index contributed by atoms with van der Waals surface area (Å²) in [5.41, 5.74) is 2.62. The van der Waals surface area contributed by atoms with Crippen molar-refractivity contribution in [3.8, 4) is 0 Å². The molecule has 68 valence electrons. The molecule has 4 heteroatoms. The van der Waals surface area contributed by atoms with Crippen LogP contribution >= 0.6 is 0 Å². The summed E-state index contributed by atoms with van der Waals surface area (Å²) in [5.74, 6) is -1.11. The van der Waals surface area contributed by atoms with Crippen LogP contribution in [0.15, 0.2) is 23.2 Å². The van der Waals surface area contributed by atoms with Crippen molar-refractivity contribution in [2.24, 2.45) is 5.73 Å². The molecule has 0 aromatic carbocycles. The van der Waals surface area contributed by atoms with E-state index in [1.165, 1.54) is 6.92 Å². The van der Waals surface area contributed by atoms with Crippen molar-refractivity contribution in [3.63, 3.8) is 0 Å². The summed E-state index contributed by atoms with van der Waals surface area (Å²) in [6.07, 6.45) is -1.16. The third-order valence-corrected chi connectivity index (χ3v) is 2.01. The molecule has 0 aromatic heterocycles. The zero-order chi connectivity index (χ0) is 9.52. The quantitative estimate of drug-likeness (QED) is 0.602. The standard InChI is InChI=1S/C8H10F3N/c1-4-3-5(9)8(2,11)7(10)6(4)12/h3,7H,12H2,1-2H3. The molecule has 12 heavy (non-hydrogen) atoms. The molecule has 2 atom stereocenters. The molecule has 1 nitrogen and oxygen atoms in total. The van der Waals surface area contributed by atoms with E-state index in [1.54, 1.807) is 0 Å². The number of allylic oxidation sites excluding steroid dienone is 4. The summed E-state index contributed by atoms with van der Waals surface area (Å²) >= 11 is 0. The van der Waals surface area contributed by atoms with Gasteiger partial charge in [-0.05, 0) is 25.5 Å². The molecule has 0 saturated heterocycles. The van der Waals surface area contributed by atoms with Crippen LogP contribution in [0.3, 0.4) is 0 Å². The Labute approximate surface area is 68.7 Å². The van der Waals surface area contributed by atoms with Crippen molar-refractivity contribution in [1.29, 1.82) is 0 Å². The lowest BCUT2D eigenvalue weighted by molar-refractivity contribution is 0.0967. The molecular formula is C8H10F3N. The molecule has 1 aliphatic carbocycles. The fraction of sp³-hybridized carbons (Fsp3) is 0.500. The first kappa shape index (κ1) is 9.16. The Morgan fingerprint density at radius 2 is 2.08 bits per heavy atom. The zero-order valence-corrected chi connectivity index (χ0v) is 6.87. The van der Waals surface area contributed by atoms with Crippen LogP contribution in [-0.2, 0) is 0 Å². The van der Waals surface area contributed by atoms with E-state index in [4.69, 9.17) is 5.73 Å². The van der Waals surface area contributed by atoms with Crippen LogP contribution in [0.2, 0.25) is 0 Å². The van der Waals surface area contributed by atoms with Crippen LogP contribution in [0, 0.1) is 0 Å². The number of halogens is 3. The summed E-state index contributed by atoms with van der Waals surface area (Å²) in [7, 11) is 0. The van der Waals surface area contributed by atoms with E-state index in [0.29, 0.717) is 0 Å². The third kappa shape index (κ3) is 1.11. The second kappa shape index (κ2) is 2.54. The summed E-state index contributed by atoms with van der Waals surface area (Å²) in [6.45, 7) is 2.28. The van der Waals surface area contributed by atoms with Crippen molar-refractivity contribution >= 4 is 0 Å². The minimum Gasteiger partial charge on any atom is -0.399 e. The molecule has 1 aliphatic rings. The highest BCUT2D eigenvalue weighted by Gasteiger charge is 2.44. The number of hydrogen-bond acceptors (Lipinski definition) is 1. The van der Waals surface area contributed by atoms with Gasteiger partial charge in [-0.25, -0.2) is 13.2 Å². The lowest BCUT2D eigenvalue weighted by Gasteiger charge is -2.27. The Morgan fingerprint density at radius 3 is 2.58 bits per heavy atom. The van der Waals surface area contributed by atoms with Gasteiger partial charge in [0.25, 0.3) is 0 Å². The average Bonchev–Trinajstić information content (AvgIpc) is 1.99. The van der Waals surface area contributed by atoms with E-state index in [2.05, 4.69) is 0 Å². The van der Waals surface area contributed by atoms with E-state index in [1.807, 2.05) is 0 Å². The van der Waals surface area contributed by atoms with Crippen LogP contribution in [0.25, 0.3) is 0 Å². The Morgan fingerprint density at radius 1 is 1.58 bits per heavy atom. The normalized spacial score (nSPS) is 36.8. The van der Waals surface area contributed by atoms with Gasteiger partial charge in [0.15, 0.2) is 11.8 Å². The predicted molar refractivity (Wildman–Crippen MR) is 40.5 cm³/mol. The van der Waals surface area contributed by atoms with Gasteiger partial charge in [-0.1, -0.05) is 0 Å². The Bertz CT molecular complexity index is 265. The first-order valence-corrected chi connectivity index (χ1v) is 3.54. The van der Waals surface area contributed by atoms with Crippen molar-refractivity contribution in [3.05, 3.63) is 23.2 Å². The maximum Gasteiger partial charge on any atom is 0.195 e. The average molecular weight is 177 g/mol. The summed E-state index contributed by atoms with van der Waals surface area (Å²) in [6, 6.07) is 0. The van der Waals surface area contributed by atoms with Gasteiger partial charge in [-0.2, -0.15) is 0 Å². The zero-order valence-electron chi connectivity index (χ0n) is 6.87. The van der Waals surface area contributed by atoms with E-state index in [-0.39, 0.29) is 11.3 Å². The molecule has 2 N–H and O–H groups in total. The Kier molecular flexibility index (Phi) is 1.94. The van der Waals surface area contributed by atoms with Gasteiger partial charge in [-0.15, -0.1) is 0 Å². The molecule has 2 unspecified atom stereocenters. The second-order valence-electron chi connectivity index (χ2n) is 3.07. The fourth-order valence-corrected chi connectivity index (χ4v) is 1.03. The van der Waals surface area contributed by atoms with Crippen molar-refractivity contribution in [2.75, 3.05) is 0 Å². The fourth-order valence-electron chi connectivity index (χ4n) is 1.03. The minimum atomic E-state index is -2.61. The number of nitrogens with two attached hydrogens (primary N) is 1. The Balaban J connectivity index is 3.16. The smallest absolute Gasteiger partial charge is 0.195 e. The Hall–Kier alpha value is -0.930. The molecule has 0 radical (unpaired) electrons. The molecule has 0 spiro atoms. The predicted octanol–water partition coefficient (Wildman–Crippen LogP) is 2.15. The van der Waals surface area contributed by atoms with Gasteiger partial charge in [0, 0.05) is 5.70 Å². The van der Waals surface area contributed by atoms with E-state index < -0.39 is 17.7 Å². The molecular weight excluding hydrogens is 167 g/mol.